The van der Waals surface area contributed by atoms with Gasteiger partial charge in [-0.25, -0.2) is 0 Å². The molecule has 0 spiro atoms. The highest BCUT2D eigenvalue weighted by Crippen LogP contribution is 2.27. The van der Waals surface area contributed by atoms with Crippen LogP contribution in [0.25, 0.3) is 0 Å². The number of carboxylic acids is 1. The van der Waals surface area contributed by atoms with Gasteiger partial charge in [0.25, 0.3) is 0 Å². The summed E-state index contributed by atoms with van der Waals surface area (Å²) >= 11 is -1.50. The lowest BCUT2D eigenvalue weighted by Gasteiger charge is -2.21. The maximum Gasteiger partial charge on any atom is 0.314 e. The van der Waals surface area contributed by atoms with Crippen molar-refractivity contribution in [1.82, 2.24) is 0 Å². The molecule has 0 aliphatic carbocycles. The summed E-state index contributed by atoms with van der Waals surface area (Å²) in [6, 6.07) is 9.00. The smallest absolute Gasteiger partial charge is 0.314 e. The van der Waals surface area contributed by atoms with Crippen molar-refractivity contribution in [3.63, 3.8) is 0 Å². The van der Waals surface area contributed by atoms with E-state index in [0.29, 0.717) is 6.61 Å². The Morgan fingerprint density at radius 3 is 2.52 bits per heavy atom. The summed E-state index contributed by atoms with van der Waals surface area (Å²) < 4.78 is 23.3. The van der Waals surface area contributed by atoms with Gasteiger partial charge in [0.15, 0.2) is 17.3 Å². The van der Waals surface area contributed by atoms with Gasteiger partial charge in [0.05, 0.1) is 6.61 Å². The number of ether oxygens (including phenoxy) is 2. The molecule has 1 N–H and O–H groups in total. The quantitative estimate of drug-likeness (QED) is 0.557. The van der Waals surface area contributed by atoms with Gasteiger partial charge in [0.1, 0.15) is 17.8 Å². The predicted octanol–water partition coefficient (Wildman–Crippen LogP) is 1.96. The molecule has 25 heavy (non-hydrogen) atoms. The van der Waals surface area contributed by atoms with E-state index in [2.05, 4.69) is 0 Å². The van der Waals surface area contributed by atoms with Crippen molar-refractivity contribution >= 4 is 22.9 Å². The van der Waals surface area contributed by atoms with E-state index >= 15 is 0 Å². The summed E-state index contributed by atoms with van der Waals surface area (Å²) in [5.74, 6) is -4.29. The summed E-state index contributed by atoms with van der Waals surface area (Å²) in [7, 11) is 0. The number of carbonyl (C=O) groups is 2. The summed E-state index contributed by atoms with van der Waals surface area (Å²) in [6.45, 7) is 5.55. The van der Waals surface area contributed by atoms with Crippen molar-refractivity contribution < 1.29 is 28.7 Å². The molecule has 0 bridgehead atoms. The number of hydrogen-bond acceptors (Lipinski definition) is 5. The summed E-state index contributed by atoms with van der Waals surface area (Å²) in [4.78, 5) is 24.1. The van der Waals surface area contributed by atoms with E-state index in [9.17, 15) is 19.2 Å². The van der Waals surface area contributed by atoms with E-state index in [-0.39, 0.29) is 17.6 Å². The Morgan fingerprint density at radius 2 is 2.00 bits per heavy atom. The molecule has 1 aliphatic rings. The molecule has 1 heterocycles. The molecule has 0 amide bonds. The van der Waals surface area contributed by atoms with Crippen LogP contribution in [0.4, 0.5) is 0 Å². The van der Waals surface area contributed by atoms with Gasteiger partial charge in [-0.2, -0.15) is 0 Å². The Balaban J connectivity index is 1.97. The molecule has 1 saturated heterocycles. The second-order valence-electron chi connectivity index (χ2n) is 6.68. The monoisotopic (exact) mass is 368 g/mol. The third-order valence-electron chi connectivity index (χ3n) is 4.18. The molecule has 2 rings (SSSR count). The van der Waals surface area contributed by atoms with Crippen LogP contribution in [-0.2, 0) is 30.2 Å². The molecule has 1 aromatic carbocycles. The number of Topliss-reactive ketones (excluding diaryl/α,β-unsaturated/α-hetero) is 1. The fraction of sp³-hybridized carbons (Fsp3) is 0.556. The molecule has 6 nitrogen and oxygen atoms in total. The van der Waals surface area contributed by atoms with E-state index in [0.717, 1.165) is 5.56 Å². The molecular formula is C18H24O6S. The fourth-order valence-corrected chi connectivity index (χ4v) is 4.13. The van der Waals surface area contributed by atoms with Gasteiger partial charge in [-0.15, -0.1) is 0 Å². The minimum atomic E-state index is -1.50. The number of carboxylic acid groups (broad SMARTS) is 1. The number of hydrogen-bond donors (Lipinski definition) is 1. The Bertz CT molecular complexity index is 603. The fourth-order valence-electron chi connectivity index (χ4n) is 2.94. The Morgan fingerprint density at radius 1 is 1.36 bits per heavy atom. The molecular weight excluding hydrogens is 344 g/mol. The lowest BCUT2D eigenvalue weighted by molar-refractivity contribution is -0.146. The first kappa shape index (κ1) is 19.9. The molecule has 138 valence electrons. The van der Waals surface area contributed by atoms with Crippen LogP contribution < -0.4 is 0 Å². The molecule has 0 radical (unpaired) electrons. The van der Waals surface area contributed by atoms with E-state index < -0.39 is 40.6 Å². The molecule has 1 aliphatic heterocycles. The second-order valence-corrected chi connectivity index (χ2v) is 8.18. The van der Waals surface area contributed by atoms with Crippen LogP contribution in [0.1, 0.15) is 32.3 Å². The third kappa shape index (κ3) is 5.54. The number of carbonyl (C=O) groups excluding carboxylic acids is 1. The number of rotatable bonds is 8. The van der Waals surface area contributed by atoms with Crippen LogP contribution in [0, 0.1) is 5.92 Å². The average Bonchev–Trinajstić information content (AvgIpc) is 2.86. The van der Waals surface area contributed by atoms with Gasteiger partial charge in [-0.3, -0.25) is 9.59 Å². The van der Waals surface area contributed by atoms with E-state index in [1.54, 1.807) is 45.0 Å². The zero-order valence-electron chi connectivity index (χ0n) is 14.6. The van der Waals surface area contributed by atoms with Crippen LogP contribution in [0.5, 0.6) is 0 Å². The highest BCUT2D eigenvalue weighted by Gasteiger charge is 2.38. The second kappa shape index (κ2) is 8.31. The lowest BCUT2D eigenvalue weighted by atomic mass is 9.85. The number of ketones is 1. The van der Waals surface area contributed by atoms with E-state index in [1.807, 2.05) is 6.07 Å². The van der Waals surface area contributed by atoms with Crippen LogP contribution in [0.15, 0.2) is 30.3 Å². The SMILES string of the molecule is CC(c1ccccc1)C(C(=O)O)C(=O)C[S+]([O-])CC1COC(C)(C)O1. The van der Waals surface area contributed by atoms with Crippen molar-refractivity contribution in [3.8, 4) is 0 Å². The molecule has 0 saturated carbocycles. The molecule has 0 aromatic heterocycles. The molecule has 1 fully saturated rings. The maximum atomic E-state index is 12.5. The maximum absolute atomic E-state index is 12.5. The summed E-state index contributed by atoms with van der Waals surface area (Å²) in [5, 5.41) is 9.48. The molecule has 4 atom stereocenters. The van der Waals surface area contributed by atoms with Crippen LogP contribution >= 0.6 is 0 Å². The summed E-state index contributed by atoms with van der Waals surface area (Å²) in [6.07, 6.45) is -0.349. The van der Waals surface area contributed by atoms with Crippen molar-refractivity contribution in [2.75, 3.05) is 18.1 Å². The van der Waals surface area contributed by atoms with Gasteiger partial charge in [0.2, 0.25) is 0 Å². The highest BCUT2D eigenvalue weighted by molar-refractivity contribution is 7.92. The first-order chi connectivity index (χ1) is 11.7. The topological polar surface area (TPSA) is 95.9 Å². The first-order valence-electron chi connectivity index (χ1n) is 8.17. The minimum Gasteiger partial charge on any atom is -0.616 e. The largest absolute Gasteiger partial charge is 0.616 e. The van der Waals surface area contributed by atoms with Crippen LogP contribution in [0.3, 0.4) is 0 Å². The number of benzene rings is 1. The Hall–Kier alpha value is -1.41. The van der Waals surface area contributed by atoms with Crippen LogP contribution in [0.2, 0.25) is 0 Å². The standard InChI is InChI=1S/C18H24O6S/c1-12(13-7-5-4-6-8-13)16(17(20)21)15(19)11-25(22)10-14-9-23-18(2,3)24-14/h4-8,12,14,16H,9-11H2,1-3H3,(H,20,21). The van der Waals surface area contributed by atoms with Gasteiger partial charge in [-0.1, -0.05) is 37.3 Å². The lowest BCUT2D eigenvalue weighted by Crippen LogP contribution is -2.36. The third-order valence-corrected chi connectivity index (χ3v) is 5.53. The normalized spacial score (nSPS) is 23.0. The highest BCUT2D eigenvalue weighted by atomic mass is 32.2. The van der Waals surface area contributed by atoms with E-state index in [1.165, 1.54) is 0 Å². The van der Waals surface area contributed by atoms with Crippen molar-refractivity contribution in [1.29, 1.82) is 0 Å². The average molecular weight is 368 g/mol. The van der Waals surface area contributed by atoms with Gasteiger partial charge < -0.3 is 19.1 Å². The zero-order chi connectivity index (χ0) is 18.6. The van der Waals surface area contributed by atoms with Crippen molar-refractivity contribution in [2.24, 2.45) is 5.92 Å². The first-order valence-corrected chi connectivity index (χ1v) is 9.65. The zero-order valence-corrected chi connectivity index (χ0v) is 15.5. The van der Waals surface area contributed by atoms with Gasteiger partial charge >= 0.3 is 5.97 Å². The van der Waals surface area contributed by atoms with Gasteiger partial charge in [0, 0.05) is 5.92 Å². The predicted molar refractivity (Wildman–Crippen MR) is 93.8 cm³/mol. The Labute approximate surface area is 150 Å². The van der Waals surface area contributed by atoms with Crippen molar-refractivity contribution in [3.05, 3.63) is 35.9 Å². The molecule has 7 heteroatoms. The Kier molecular flexibility index (Phi) is 6.62. The van der Waals surface area contributed by atoms with E-state index in [4.69, 9.17) is 9.47 Å². The molecule has 4 unspecified atom stereocenters. The van der Waals surface area contributed by atoms with Crippen LogP contribution in [-0.4, -0.2) is 51.4 Å². The number of aliphatic carboxylic acids is 1. The van der Waals surface area contributed by atoms with Gasteiger partial charge in [-0.05, 0) is 30.6 Å². The molecule has 1 aromatic rings. The van der Waals surface area contributed by atoms with Crippen molar-refractivity contribution in [2.45, 2.75) is 38.6 Å². The summed E-state index contributed by atoms with van der Waals surface area (Å²) in [5.41, 5.74) is 0.767. The minimum absolute atomic E-state index is 0.154.